The average Bonchev–Trinajstić information content (AvgIpc) is 2.16. The normalized spacial score (nSPS) is 12.9. The van der Waals surface area contributed by atoms with E-state index in [1.165, 1.54) is 16.7 Å². The molecule has 0 amide bonds. The molecule has 1 unspecified atom stereocenters. The van der Waals surface area contributed by atoms with Gasteiger partial charge >= 0.3 is 0 Å². The Bertz CT molecular complexity index is 281. The van der Waals surface area contributed by atoms with E-state index >= 15 is 0 Å². The van der Waals surface area contributed by atoms with Gasteiger partial charge in [0.15, 0.2) is 0 Å². The molecule has 0 heterocycles. The lowest BCUT2D eigenvalue weighted by molar-refractivity contribution is 0.726. The molecular weight excluding hydrogens is 160 g/mol. The summed E-state index contributed by atoms with van der Waals surface area (Å²) in [5.41, 5.74) is 15.2. The van der Waals surface area contributed by atoms with Crippen LogP contribution in [0.5, 0.6) is 0 Å². The standard InChI is InChI=1S/C11H18N2/c1-3-9-5-4-8(2)6-10(9)11(13)7-12/h4-6,11H,3,7,12-13H2,1-2H3. The molecule has 0 bridgehead atoms. The Kier molecular flexibility index (Phi) is 3.46. The summed E-state index contributed by atoms with van der Waals surface area (Å²) in [6, 6.07) is 6.37. The maximum Gasteiger partial charge on any atom is 0.0422 e. The van der Waals surface area contributed by atoms with E-state index in [0.717, 1.165) is 6.42 Å². The van der Waals surface area contributed by atoms with Crippen LogP contribution >= 0.6 is 0 Å². The molecule has 2 nitrogen and oxygen atoms in total. The minimum absolute atomic E-state index is 0.0187. The van der Waals surface area contributed by atoms with Gasteiger partial charge in [0, 0.05) is 12.6 Å². The van der Waals surface area contributed by atoms with Crippen molar-refractivity contribution in [1.82, 2.24) is 0 Å². The zero-order chi connectivity index (χ0) is 9.84. The largest absolute Gasteiger partial charge is 0.329 e. The number of nitrogens with two attached hydrogens (primary N) is 2. The van der Waals surface area contributed by atoms with Gasteiger partial charge in [-0.05, 0) is 24.5 Å². The van der Waals surface area contributed by atoms with E-state index in [4.69, 9.17) is 11.5 Å². The first-order valence-corrected chi connectivity index (χ1v) is 4.74. The van der Waals surface area contributed by atoms with Gasteiger partial charge in [-0.1, -0.05) is 30.7 Å². The van der Waals surface area contributed by atoms with E-state index in [2.05, 4.69) is 32.0 Å². The summed E-state index contributed by atoms with van der Waals surface area (Å²) in [7, 11) is 0. The lowest BCUT2D eigenvalue weighted by Gasteiger charge is -2.14. The van der Waals surface area contributed by atoms with Crippen molar-refractivity contribution in [1.29, 1.82) is 0 Å². The van der Waals surface area contributed by atoms with Crippen LogP contribution in [0, 0.1) is 6.92 Å². The minimum atomic E-state index is -0.0187. The fraction of sp³-hybridized carbons (Fsp3) is 0.455. The fourth-order valence-corrected chi connectivity index (χ4v) is 1.51. The molecule has 0 aliphatic rings. The molecule has 0 spiro atoms. The summed E-state index contributed by atoms with van der Waals surface area (Å²) in [4.78, 5) is 0. The van der Waals surface area contributed by atoms with Crippen LogP contribution in [-0.4, -0.2) is 6.54 Å². The average molecular weight is 178 g/mol. The molecule has 1 rings (SSSR count). The highest BCUT2D eigenvalue weighted by molar-refractivity contribution is 5.34. The molecule has 1 aromatic carbocycles. The van der Waals surface area contributed by atoms with Crippen molar-refractivity contribution in [2.75, 3.05) is 6.54 Å². The van der Waals surface area contributed by atoms with Crippen molar-refractivity contribution in [2.24, 2.45) is 11.5 Å². The third-order valence-electron chi connectivity index (χ3n) is 2.34. The fourth-order valence-electron chi connectivity index (χ4n) is 1.51. The number of rotatable bonds is 3. The summed E-state index contributed by atoms with van der Waals surface area (Å²) in [6.45, 7) is 4.72. The van der Waals surface area contributed by atoms with Gasteiger partial charge in [0.1, 0.15) is 0 Å². The van der Waals surface area contributed by atoms with E-state index in [1.54, 1.807) is 0 Å². The van der Waals surface area contributed by atoms with Crippen molar-refractivity contribution in [3.05, 3.63) is 34.9 Å². The highest BCUT2D eigenvalue weighted by Crippen LogP contribution is 2.17. The number of aryl methyl sites for hydroxylation is 2. The molecule has 72 valence electrons. The van der Waals surface area contributed by atoms with Crippen LogP contribution in [0.15, 0.2) is 18.2 Å². The second-order valence-electron chi connectivity index (χ2n) is 3.40. The first-order chi connectivity index (χ1) is 6.19. The quantitative estimate of drug-likeness (QED) is 0.737. The highest BCUT2D eigenvalue weighted by Gasteiger charge is 2.07. The van der Waals surface area contributed by atoms with Gasteiger partial charge < -0.3 is 11.5 Å². The topological polar surface area (TPSA) is 52.0 Å². The number of hydrogen-bond donors (Lipinski definition) is 2. The minimum Gasteiger partial charge on any atom is -0.329 e. The van der Waals surface area contributed by atoms with Crippen molar-refractivity contribution in [2.45, 2.75) is 26.3 Å². The highest BCUT2D eigenvalue weighted by atomic mass is 14.7. The molecular formula is C11H18N2. The van der Waals surface area contributed by atoms with Crippen molar-refractivity contribution in [3.63, 3.8) is 0 Å². The Hall–Kier alpha value is -0.860. The van der Waals surface area contributed by atoms with Crippen LogP contribution in [0.2, 0.25) is 0 Å². The third kappa shape index (κ3) is 2.29. The summed E-state index contributed by atoms with van der Waals surface area (Å²) in [5.74, 6) is 0. The Morgan fingerprint density at radius 1 is 1.38 bits per heavy atom. The Morgan fingerprint density at radius 2 is 2.08 bits per heavy atom. The van der Waals surface area contributed by atoms with Gasteiger partial charge in [0.05, 0.1) is 0 Å². The van der Waals surface area contributed by atoms with Gasteiger partial charge in [-0.3, -0.25) is 0 Å². The van der Waals surface area contributed by atoms with Gasteiger partial charge in [-0.2, -0.15) is 0 Å². The summed E-state index contributed by atoms with van der Waals surface area (Å²) in [6.07, 6.45) is 1.02. The second kappa shape index (κ2) is 4.40. The van der Waals surface area contributed by atoms with Crippen molar-refractivity contribution in [3.8, 4) is 0 Å². The van der Waals surface area contributed by atoms with E-state index in [0.29, 0.717) is 6.54 Å². The molecule has 2 heteroatoms. The zero-order valence-corrected chi connectivity index (χ0v) is 8.38. The SMILES string of the molecule is CCc1ccc(C)cc1C(N)CN. The second-order valence-corrected chi connectivity index (χ2v) is 3.40. The maximum absolute atomic E-state index is 5.91. The Labute approximate surface area is 79.9 Å². The lowest BCUT2D eigenvalue weighted by atomic mass is 9.97. The zero-order valence-electron chi connectivity index (χ0n) is 8.38. The molecule has 0 aliphatic carbocycles. The Morgan fingerprint density at radius 3 is 2.62 bits per heavy atom. The summed E-state index contributed by atoms with van der Waals surface area (Å²) < 4.78 is 0. The first-order valence-electron chi connectivity index (χ1n) is 4.74. The van der Waals surface area contributed by atoms with Gasteiger partial charge in [-0.15, -0.1) is 0 Å². The molecule has 1 atom stereocenters. The van der Waals surface area contributed by atoms with Crippen LogP contribution in [-0.2, 0) is 6.42 Å². The van der Waals surface area contributed by atoms with Crippen LogP contribution in [0.3, 0.4) is 0 Å². The smallest absolute Gasteiger partial charge is 0.0422 e. The van der Waals surface area contributed by atoms with Gasteiger partial charge in [0.25, 0.3) is 0 Å². The molecule has 13 heavy (non-hydrogen) atoms. The molecule has 4 N–H and O–H groups in total. The molecule has 0 aromatic heterocycles. The predicted octanol–water partition coefficient (Wildman–Crippen LogP) is 1.52. The van der Waals surface area contributed by atoms with E-state index < -0.39 is 0 Å². The first kappa shape index (κ1) is 10.2. The molecule has 0 aliphatic heterocycles. The monoisotopic (exact) mass is 178 g/mol. The maximum atomic E-state index is 5.91. The summed E-state index contributed by atoms with van der Waals surface area (Å²) >= 11 is 0. The number of hydrogen-bond acceptors (Lipinski definition) is 2. The van der Waals surface area contributed by atoms with E-state index in [9.17, 15) is 0 Å². The van der Waals surface area contributed by atoms with Gasteiger partial charge in [-0.25, -0.2) is 0 Å². The van der Waals surface area contributed by atoms with Crippen molar-refractivity contribution < 1.29 is 0 Å². The third-order valence-corrected chi connectivity index (χ3v) is 2.34. The predicted molar refractivity (Wildman–Crippen MR) is 56.5 cm³/mol. The molecule has 0 radical (unpaired) electrons. The number of benzene rings is 1. The van der Waals surface area contributed by atoms with E-state index in [1.807, 2.05) is 0 Å². The van der Waals surface area contributed by atoms with Crippen LogP contribution in [0.25, 0.3) is 0 Å². The van der Waals surface area contributed by atoms with Crippen LogP contribution in [0.4, 0.5) is 0 Å². The molecule has 0 fully saturated rings. The summed E-state index contributed by atoms with van der Waals surface area (Å²) in [5, 5.41) is 0. The molecule has 0 saturated carbocycles. The van der Waals surface area contributed by atoms with Gasteiger partial charge in [0.2, 0.25) is 0 Å². The lowest BCUT2D eigenvalue weighted by Crippen LogP contribution is -2.22. The van der Waals surface area contributed by atoms with Crippen LogP contribution < -0.4 is 11.5 Å². The van der Waals surface area contributed by atoms with Crippen molar-refractivity contribution >= 4 is 0 Å². The van der Waals surface area contributed by atoms with Crippen LogP contribution in [0.1, 0.15) is 29.7 Å². The molecule has 0 saturated heterocycles. The molecule has 1 aromatic rings. The van der Waals surface area contributed by atoms with E-state index in [-0.39, 0.29) is 6.04 Å². The Balaban J connectivity index is 3.07.